The third-order valence-corrected chi connectivity index (χ3v) is 3.56. The number of aromatic nitrogens is 2. The molecule has 2 heterocycles. The largest absolute Gasteiger partial charge is 0.344 e. The second-order valence-electron chi connectivity index (χ2n) is 5.04. The second kappa shape index (κ2) is 6.05. The molecule has 0 saturated carbocycles. The number of anilines is 1. The Hall–Kier alpha value is -2.57. The molecule has 1 aliphatic heterocycles. The van der Waals surface area contributed by atoms with Gasteiger partial charge in [-0.2, -0.15) is 0 Å². The molecule has 0 spiro atoms. The summed E-state index contributed by atoms with van der Waals surface area (Å²) in [7, 11) is 0. The highest BCUT2D eigenvalue weighted by Crippen LogP contribution is 2.17. The first-order valence-corrected chi connectivity index (χ1v) is 6.86. The van der Waals surface area contributed by atoms with Gasteiger partial charge in [0.15, 0.2) is 0 Å². The molecule has 0 bridgehead atoms. The Balaban J connectivity index is 1.68. The summed E-state index contributed by atoms with van der Waals surface area (Å²) in [6, 6.07) is 3.26. The molecule has 5 nitrogen and oxygen atoms in total. The lowest BCUT2D eigenvalue weighted by Gasteiger charge is -2.34. The van der Waals surface area contributed by atoms with E-state index in [0.717, 1.165) is 18.2 Å². The van der Waals surface area contributed by atoms with Gasteiger partial charge < -0.3 is 9.80 Å². The highest BCUT2D eigenvalue weighted by Gasteiger charge is 2.25. The minimum atomic E-state index is -0.512. The van der Waals surface area contributed by atoms with Crippen LogP contribution in [-0.4, -0.2) is 40.4 Å². The average molecular weight is 304 g/mol. The maximum Gasteiger partial charge on any atom is 0.242 e. The highest BCUT2D eigenvalue weighted by atomic mass is 19.1. The third-order valence-electron chi connectivity index (χ3n) is 3.56. The van der Waals surface area contributed by atoms with E-state index in [1.165, 1.54) is 4.90 Å². The van der Waals surface area contributed by atoms with Crippen molar-refractivity contribution in [3.63, 3.8) is 0 Å². The summed E-state index contributed by atoms with van der Waals surface area (Å²) in [6.07, 6.45) is 4.72. The maximum absolute atomic E-state index is 13.7. The number of rotatable bonds is 3. The zero-order valence-electron chi connectivity index (χ0n) is 11.7. The van der Waals surface area contributed by atoms with Crippen LogP contribution in [0.25, 0.3) is 0 Å². The van der Waals surface area contributed by atoms with E-state index in [-0.39, 0.29) is 24.6 Å². The molecule has 7 heteroatoms. The van der Waals surface area contributed by atoms with Crippen molar-refractivity contribution in [2.45, 2.75) is 6.54 Å². The van der Waals surface area contributed by atoms with Crippen molar-refractivity contribution in [1.82, 2.24) is 14.9 Å². The first kappa shape index (κ1) is 14.4. The van der Waals surface area contributed by atoms with Crippen LogP contribution in [0.2, 0.25) is 0 Å². The van der Waals surface area contributed by atoms with E-state index in [9.17, 15) is 13.6 Å². The minimum Gasteiger partial charge on any atom is -0.344 e. The third kappa shape index (κ3) is 3.03. The van der Waals surface area contributed by atoms with Gasteiger partial charge in [0.1, 0.15) is 17.5 Å². The van der Waals surface area contributed by atoms with Crippen LogP contribution in [0.4, 0.5) is 14.6 Å². The summed E-state index contributed by atoms with van der Waals surface area (Å²) in [5, 5.41) is 0. The van der Waals surface area contributed by atoms with E-state index < -0.39 is 11.6 Å². The molecule has 2 aromatic rings. The molecule has 0 atom stereocenters. The average Bonchev–Trinajstić information content (AvgIpc) is 2.53. The van der Waals surface area contributed by atoms with Gasteiger partial charge in [0.05, 0.1) is 12.7 Å². The molecule has 1 aromatic heterocycles. The Bertz CT molecular complexity index is 680. The number of carbonyl (C=O) groups is 1. The summed E-state index contributed by atoms with van der Waals surface area (Å²) in [5.74, 6) is -0.541. The Morgan fingerprint density at radius 3 is 2.77 bits per heavy atom. The van der Waals surface area contributed by atoms with Crippen molar-refractivity contribution in [3.8, 4) is 0 Å². The monoisotopic (exact) mass is 304 g/mol. The van der Waals surface area contributed by atoms with Crippen LogP contribution in [0, 0.1) is 11.6 Å². The van der Waals surface area contributed by atoms with Crippen LogP contribution in [0.15, 0.2) is 36.8 Å². The minimum absolute atomic E-state index is 0.0662. The number of halogens is 2. The number of benzene rings is 1. The number of nitrogens with zero attached hydrogens (tertiary/aromatic N) is 4. The van der Waals surface area contributed by atoms with Gasteiger partial charge in [-0.05, 0) is 18.2 Å². The van der Waals surface area contributed by atoms with Crippen LogP contribution in [0.5, 0.6) is 0 Å². The van der Waals surface area contributed by atoms with Gasteiger partial charge in [0.2, 0.25) is 5.91 Å². The first-order valence-electron chi connectivity index (χ1n) is 6.86. The Labute approximate surface area is 126 Å². The number of carbonyl (C=O) groups excluding carboxylic acids is 1. The fourth-order valence-corrected chi connectivity index (χ4v) is 2.40. The topological polar surface area (TPSA) is 49.3 Å². The highest BCUT2D eigenvalue weighted by molar-refractivity contribution is 5.82. The number of hydrogen-bond donors (Lipinski definition) is 0. The first-order chi connectivity index (χ1) is 10.6. The molecule has 22 heavy (non-hydrogen) atoms. The molecule has 0 N–H and O–H groups in total. The van der Waals surface area contributed by atoms with Crippen LogP contribution < -0.4 is 4.90 Å². The molecular formula is C15H14F2N4O. The molecule has 1 aliphatic rings. The Kier molecular flexibility index (Phi) is 3.95. The van der Waals surface area contributed by atoms with E-state index in [4.69, 9.17) is 0 Å². The maximum atomic E-state index is 13.7. The van der Waals surface area contributed by atoms with Gasteiger partial charge in [-0.25, -0.2) is 13.8 Å². The van der Waals surface area contributed by atoms with Gasteiger partial charge in [-0.3, -0.25) is 9.78 Å². The molecule has 0 radical (unpaired) electrons. The van der Waals surface area contributed by atoms with Gasteiger partial charge in [-0.15, -0.1) is 0 Å². The lowest BCUT2D eigenvalue weighted by atomic mass is 10.1. The van der Waals surface area contributed by atoms with Crippen molar-refractivity contribution in [3.05, 3.63) is 54.0 Å². The van der Waals surface area contributed by atoms with E-state index in [0.29, 0.717) is 18.9 Å². The number of hydrogen-bond acceptors (Lipinski definition) is 4. The van der Waals surface area contributed by atoms with E-state index >= 15 is 0 Å². The molecular weight excluding hydrogens is 290 g/mol. The second-order valence-corrected chi connectivity index (χ2v) is 5.04. The van der Waals surface area contributed by atoms with Crippen LogP contribution in [0.3, 0.4) is 0 Å². The molecule has 1 amide bonds. The van der Waals surface area contributed by atoms with Crippen molar-refractivity contribution < 1.29 is 13.6 Å². The summed E-state index contributed by atoms with van der Waals surface area (Å²) < 4.78 is 26.8. The van der Waals surface area contributed by atoms with Gasteiger partial charge in [0, 0.05) is 37.6 Å². The molecule has 0 unspecified atom stereocenters. The van der Waals surface area contributed by atoms with Crippen molar-refractivity contribution in [2.24, 2.45) is 0 Å². The Morgan fingerprint density at radius 1 is 1.18 bits per heavy atom. The zero-order chi connectivity index (χ0) is 15.5. The molecule has 1 fully saturated rings. The SMILES string of the molecule is O=C1CN(c2cnccn2)CCN1Cc1cc(F)ccc1F. The summed E-state index contributed by atoms with van der Waals surface area (Å²) in [4.78, 5) is 23.7. The van der Waals surface area contributed by atoms with Crippen molar-refractivity contribution in [1.29, 1.82) is 0 Å². The fourth-order valence-electron chi connectivity index (χ4n) is 2.40. The standard InChI is InChI=1S/C15H14F2N4O/c16-12-1-2-13(17)11(7-12)9-21-6-5-20(10-15(21)22)14-8-18-3-4-19-14/h1-4,7-8H,5-6,9-10H2. The molecule has 1 aromatic carbocycles. The van der Waals surface area contributed by atoms with Crippen LogP contribution >= 0.6 is 0 Å². The lowest BCUT2D eigenvalue weighted by Crippen LogP contribution is -2.50. The van der Waals surface area contributed by atoms with E-state index in [1.807, 2.05) is 4.90 Å². The van der Waals surface area contributed by atoms with Crippen molar-refractivity contribution in [2.75, 3.05) is 24.5 Å². The smallest absolute Gasteiger partial charge is 0.242 e. The summed E-state index contributed by atoms with van der Waals surface area (Å²) >= 11 is 0. The lowest BCUT2D eigenvalue weighted by molar-refractivity contribution is -0.131. The normalized spacial score (nSPS) is 15.3. The zero-order valence-corrected chi connectivity index (χ0v) is 11.7. The predicted molar refractivity (Wildman–Crippen MR) is 76.0 cm³/mol. The van der Waals surface area contributed by atoms with E-state index in [1.54, 1.807) is 18.6 Å². The Morgan fingerprint density at radius 2 is 2.05 bits per heavy atom. The number of piperazine rings is 1. The van der Waals surface area contributed by atoms with Crippen molar-refractivity contribution >= 4 is 11.7 Å². The van der Waals surface area contributed by atoms with Crippen LogP contribution in [-0.2, 0) is 11.3 Å². The summed E-state index contributed by atoms with van der Waals surface area (Å²) in [6.45, 7) is 1.21. The predicted octanol–water partition coefficient (Wildman–Crippen LogP) is 1.60. The van der Waals surface area contributed by atoms with Crippen LogP contribution in [0.1, 0.15) is 5.56 Å². The number of amides is 1. The van der Waals surface area contributed by atoms with Gasteiger partial charge in [0.25, 0.3) is 0 Å². The van der Waals surface area contributed by atoms with E-state index in [2.05, 4.69) is 9.97 Å². The summed E-state index contributed by atoms with van der Waals surface area (Å²) in [5.41, 5.74) is 0.182. The molecule has 0 aliphatic carbocycles. The van der Waals surface area contributed by atoms with Gasteiger partial charge >= 0.3 is 0 Å². The van der Waals surface area contributed by atoms with Gasteiger partial charge in [-0.1, -0.05) is 0 Å². The quantitative estimate of drug-likeness (QED) is 0.864. The molecule has 114 valence electrons. The molecule has 3 rings (SSSR count). The fraction of sp³-hybridized carbons (Fsp3) is 0.267. The molecule has 1 saturated heterocycles.